The highest BCUT2D eigenvalue weighted by Crippen LogP contribution is 2.30. The van der Waals surface area contributed by atoms with Crippen LogP contribution in [0.4, 0.5) is 4.79 Å². The predicted molar refractivity (Wildman–Crippen MR) is 113 cm³/mol. The second-order valence-electron chi connectivity index (χ2n) is 8.89. The maximum Gasteiger partial charge on any atom is 0.317 e. The second kappa shape index (κ2) is 9.92. The van der Waals surface area contributed by atoms with Gasteiger partial charge in [-0.2, -0.15) is 0 Å². The number of fused-ring (bicyclic) bond motifs is 1. The summed E-state index contributed by atoms with van der Waals surface area (Å²) in [6.45, 7) is 6.14. The summed E-state index contributed by atoms with van der Waals surface area (Å²) in [7, 11) is 0. The minimum absolute atomic E-state index is 0.0233. The van der Waals surface area contributed by atoms with Crippen molar-refractivity contribution in [1.82, 2.24) is 15.1 Å². The molecule has 0 radical (unpaired) electrons. The largest absolute Gasteiger partial charge is 0.390 e. The van der Waals surface area contributed by atoms with Gasteiger partial charge in [0.15, 0.2) is 0 Å². The van der Waals surface area contributed by atoms with Gasteiger partial charge in [0.1, 0.15) is 0 Å². The molecule has 0 saturated carbocycles. The third-order valence-corrected chi connectivity index (χ3v) is 6.85. The molecule has 0 bridgehead atoms. The average molecular weight is 402 g/mol. The van der Waals surface area contributed by atoms with Gasteiger partial charge in [-0.05, 0) is 55.1 Å². The number of carbonyl (C=O) groups is 1. The topological polar surface area (TPSA) is 65.0 Å². The van der Waals surface area contributed by atoms with E-state index >= 15 is 0 Å². The molecule has 2 fully saturated rings. The lowest BCUT2D eigenvalue weighted by Crippen LogP contribution is -2.50. The number of rotatable bonds is 5. The van der Waals surface area contributed by atoms with Crippen molar-refractivity contribution in [1.29, 1.82) is 0 Å². The van der Waals surface area contributed by atoms with Gasteiger partial charge in [-0.25, -0.2) is 4.79 Å². The molecule has 2 saturated heterocycles. The van der Waals surface area contributed by atoms with Crippen molar-refractivity contribution in [2.45, 2.75) is 44.8 Å². The number of β-amino-alcohol motifs (C(OH)–C–C–N with tert-alkyl or cyclic N) is 1. The summed E-state index contributed by atoms with van der Waals surface area (Å²) in [5.74, 6) is 1.28. The summed E-state index contributed by atoms with van der Waals surface area (Å²) < 4.78 is 5.49. The van der Waals surface area contributed by atoms with Gasteiger partial charge in [-0.3, -0.25) is 4.90 Å². The molecule has 2 amide bonds. The van der Waals surface area contributed by atoms with E-state index in [4.69, 9.17) is 4.74 Å². The molecular formula is C23H35N3O3. The van der Waals surface area contributed by atoms with Crippen LogP contribution in [0.3, 0.4) is 0 Å². The van der Waals surface area contributed by atoms with Crippen LogP contribution in [0.2, 0.25) is 0 Å². The third-order valence-electron chi connectivity index (χ3n) is 6.85. The Morgan fingerprint density at radius 3 is 2.76 bits per heavy atom. The average Bonchev–Trinajstić information content (AvgIpc) is 2.78. The van der Waals surface area contributed by atoms with Crippen LogP contribution in [0.15, 0.2) is 24.3 Å². The van der Waals surface area contributed by atoms with Gasteiger partial charge in [-0.1, -0.05) is 24.3 Å². The van der Waals surface area contributed by atoms with Crippen molar-refractivity contribution in [2.24, 2.45) is 11.8 Å². The van der Waals surface area contributed by atoms with Gasteiger partial charge < -0.3 is 20.1 Å². The molecule has 2 N–H and O–H groups in total. The molecule has 2 atom stereocenters. The Hall–Kier alpha value is -1.63. The van der Waals surface area contributed by atoms with Crippen LogP contribution in [0, 0.1) is 11.8 Å². The number of nitrogens with zero attached hydrogens (tertiary/aromatic N) is 2. The molecule has 1 unspecified atom stereocenters. The third kappa shape index (κ3) is 5.50. The van der Waals surface area contributed by atoms with Gasteiger partial charge in [0.05, 0.1) is 6.10 Å². The number of urea groups is 1. The number of amides is 2. The Balaban J connectivity index is 1.20. The molecule has 3 heterocycles. The molecule has 3 aliphatic rings. The van der Waals surface area contributed by atoms with Crippen LogP contribution in [0.25, 0.3) is 0 Å². The van der Waals surface area contributed by atoms with E-state index in [2.05, 4.69) is 34.5 Å². The Morgan fingerprint density at radius 2 is 1.93 bits per heavy atom. The first-order valence-corrected chi connectivity index (χ1v) is 11.3. The first-order chi connectivity index (χ1) is 14.2. The van der Waals surface area contributed by atoms with E-state index in [-0.39, 0.29) is 6.03 Å². The van der Waals surface area contributed by atoms with Crippen LogP contribution in [0.1, 0.15) is 36.8 Å². The lowest BCUT2D eigenvalue weighted by Gasteiger charge is -2.38. The minimum Gasteiger partial charge on any atom is -0.390 e. The summed E-state index contributed by atoms with van der Waals surface area (Å²) >= 11 is 0. The number of nitrogens with one attached hydrogen (secondary N) is 1. The van der Waals surface area contributed by atoms with Crippen molar-refractivity contribution in [3.8, 4) is 0 Å². The van der Waals surface area contributed by atoms with Crippen LogP contribution in [-0.4, -0.2) is 73.0 Å². The highest BCUT2D eigenvalue weighted by Gasteiger charge is 2.30. The lowest BCUT2D eigenvalue weighted by molar-refractivity contribution is 0.0311. The highest BCUT2D eigenvalue weighted by molar-refractivity contribution is 5.74. The van der Waals surface area contributed by atoms with Crippen molar-refractivity contribution in [3.63, 3.8) is 0 Å². The number of hydrogen-bond acceptors (Lipinski definition) is 4. The maximum atomic E-state index is 12.7. The number of piperidine rings is 1. The predicted octanol–water partition coefficient (Wildman–Crippen LogP) is 2.25. The smallest absolute Gasteiger partial charge is 0.317 e. The Bertz CT molecular complexity index is 677. The van der Waals surface area contributed by atoms with Crippen LogP contribution in [-0.2, 0) is 17.7 Å². The van der Waals surface area contributed by atoms with E-state index in [1.54, 1.807) is 0 Å². The summed E-state index contributed by atoms with van der Waals surface area (Å²) in [6, 6.07) is 8.50. The lowest BCUT2D eigenvalue weighted by atomic mass is 9.81. The fourth-order valence-corrected chi connectivity index (χ4v) is 5.16. The van der Waals surface area contributed by atoms with Crippen molar-refractivity contribution < 1.29 is 14.6 Å². The Morgan fingerprint density at radius 1 is 1.14 bits per heavy atom. The van der Waals surface area contributed by atoms with Crippen LogP contribution in [0.5, 0.6) is 0 Å². The van der Waals surface area contributed by atoms with Crippen LogP contribution >= 0.6 is 0 Å². The van der Waals surface area contributed by atoms with E-state index < -0.39 is 6.10 Å². The van der Waals surface area contributed by atoms with E-state index in [1.165, 1.54) is 17.5 Å². The molecular weight excluding hydrogens is 366 g/mol. The van der Waals surface area contributed by atoms with Crippen molar-refractivity contribution in [3.05, 3.63) is 35.4 Å². The van der Waals surface area contributed by atoms with Gasteiger partial charge >= 0.3 is 6.03 Å². The Labute approximate surface area is 174 Å². The number of hydrogen-bond donors (Lipinski definition) is 2. The summed E-state index contributed by atoms with van der Waals surface area (Å²) in [4.78, 5) is 16.9. The van der Waals surface area contributed by atoms with E-state index in [1.807, 2.05) is 4.90 Å². The normalized spacial score (nSPS) is 24.7. The molecule has 29 heavy (non-hydrogen) atoms. The van der Waals surface area contributed by atoms with E-state index in [9.17, 15) is 9.90 Å². The van der Waals surface area contributed by atoms with Gasteiger partial charge in [0.2, 0.25) is 0 Å². The monoisotopic (exact) mass is 401 g/mol. The summed E-state index contributed by atoms with van der Waals surface area (Å²) in [5.41, 5.74) is 2.76. The minimum atomic E-state index is -0.541. The van der Waals surface area contributed by atoms with Crippen molar-refractivity contribution >= 4 is 6.03 Å². The van der Waals surface area contributed by atoms with Gasteiger partial charge in [0, 0.05) is 52.5 Å². The Kier molecular flexibility index (Phi) is 7.06. The molecule has 6 heteroatoms. The zero-order valence-electron chi connectivity index (χ0n) is 17.4. The molecule has 0 aliphatic carbocycles. The fourth-order valence-electron chi connectivity index (χ4n) is 5.16. The maximum absolute atomic E-state index is 12.7. The molecule has 4 rings (SSSR count). The van der Waals surface area contributed by atoms with Crippen molar-refractivity contribution in [2.75, 3.05) is 45.9 Å². The van der Waals surface area contributed by atoms with Gasteiger partial charge in [0.25, 0.3) is 0 Å². The first kappa shape index (κ1) is 20.6. The number of likely N-dealkylation sites (tertiary alicyclic amines) is 1. The van der Waals surface area contributed by atoms with Gasteiger partial charge in [-0.15, -0.1) is 0 Å². The molecule has 0 spiro atoms. The SMILES string of the molecule is O=C(NC[C@H](O)CN1CCc2ccccc2C1)N1CCCC(C2CCOCC2)C1. The second-order valence-corrected chi connectivity index (χ2v) is 8.89. The number of aliphatic hydroxyl groups excluding tert-OH is 1. The molecule has 3 aliphatic heterocycles. The first-order valence-electron chi connectivity index (χ1n) is 11.3. The standard InChI is InChI=1S/C23H35N3O3/c27-22(17-25-11-7-18-4-1-2-5-20(18)15-25)14-24-23(28)26-10-3-6-21(16-26)19-8-12-29-13-9-19/h1-2,4-5,19,21-22,27H,3,6-17H2,(H,24,28)/t21?,22-/m0/s1. The molecule has 6 nitrogen and oxygen atoms in total. The van der Waals surface area contributed by atoms with E-state index in [0.717, 1.165) is 65.1 Å². The summed E-state index contributed by atoms with van der Waals surface area (Å²) in [6.07, 6.45) is 5.02. The molecule has 1 aromatic rings. The highest BCUT2D eigenvalue weighted by atomic mass is 16.5. The zero-order valence-corrected chi connectivity index (χ0v) is 17.4. The quantitative estimate of drug-likeness (QED) is 0.794. The number of carbonyl (C=O) groups excluding carboxylic acids is 1. The molecule has 1 aromatic carbocycles. The van der Waals surface area contributed by atoms with Crippen LogP contribution < -0.4 is 5.32 Å². The zero-order chi connectivity index (χ0) is 20.1. The number of aliphatic hydroxyl groups is 1. The van der Waals surface area contributed by atoms with E-state index in [0.29, 0.717) is 24.9 Å². The molecule has 160 valence electrons. The summed E-state index contributed by atoms with van der Waals surface area (Å²) in [5, 5.41) is 13.4. The number of benzene rings is 1. The fraction of sp³-hybridized carbons (Fsp3) is 0.696. The number of ether oxygens (including phenoxy) is 1. The molecule has 0 aromatic heterocycles.